The summed E-state index contributed by atoms with van der Waals surface area (Å²) in [5.41, 5.74) is 0. The van der Waals surface area contributed by atoms with Crippen LogP contribution < -0.4 is 0 Å². The van der Waals surface area contributed by atoms with Crippen molar-refractivity contribution in [1.29, 1.82) is 0 Å². The van der Waals surface area contributed by atoms with Gasteiger partial charge in [0, 0.05) is 20.5 Å². The van der Waals surface area contributed by atoms with E-state index in [2.05, 4.69) is 0 Å². The number of amides is 1. The Morgan fingerprint density at radius 2 is 1.24 bits per heavy atom. The molecule has 0 spiro atoms. The third kappa shape index (κ3) is 16.0. The number of hydrogen-bond acceptors (Lipinski definition) is 13. The number of aliphatic carboxylic acids is 1. The molecule has 0 rings (SSSR count). The number of carboxylic acid groups (broad SMARTS) is 1. The minimum Gasteiger partial charge on any atom is -0.481 e. The quantitative estimate of drug-likeness (QED) is 0.123. The van der Waals surface area contributed by atoms with Gasteiger partial charge in [-0.3, -0.25) is 28.0 Å². The summed E-state index contributed by atoms with van der Waals surface area (Å²) in [5, 5.41) is 9.08. The Bertz CT molecular complexity index is 823. The minimum atomic E-state index is -4.50. The van der Waals surface area contributed by atoms with Crippen molar-refractivity contribution >= 4 is 37.8 Å². The van der Waals surface area contributed by atoms with Crippen LogP contribution in [0.3, 0.4) is 0 Å². The molecule has 0 heterocycles. The Morgan fingerprint density at radius 1 is 0.789 bits per heavy atom. The third-order valence-electron chi connectivity index (χ3n) is 4.13. The highest BCUT2D eigenvalue weighted by Crippen LogP contribution is 2.53. The van der Waals surface area contributed by atoms with Crippen LogP contribution in [0, 0.1) is 5.92 Å². The van der Waals surface area contributed by atoms with E-state index >= 15 is 0 Å². The predicted molar refractivity (Wildman–Crippen MR) is 129 cm³/mol. The molecule has 15 nitrogen and oxygen atoms in total. The first-order valence-corrected chi connectivity index (χ1v) is 13.5. The topological polar surface area (TPSA) is 190 Å². The van der Waals surface area contributed by atoms with E-state index in [9.17, 15) is 28.5 Å². The van der Waals surface area contributed by atoms with Crippen molar-refractivity contribution in [2.45, 2.75) is 79.2 Å². The molecule has 0 saturated heterocycles. The van der Waals surface area contributed by atoms with Crippen molar-refractivity contribution in [3.63, 3.8) is 0 Å². The predicted octanol–water partition coefficient (Wildman–Crippen LogP) is 3.14. The highest BCUT2D eigenvalue weighted by molar-refractivity contribution is 7.53. The molecular formula is C22H38NO14P. The van der Waals surface area contributed by atoms with Gasteiger partial charge in [-0.25, -0.2) is 9.59 Å². The number of likely N-dealkylation sites (N-methyl/N-ethyl adjacent to an activating group) is 1. The number of carboxylic acids is 1. The number of hydrogen-bond donors (Lipinski definition) is 1. The fraction of sp³-hybridized carbons (Fsp3) is 0.773. The second-order valence-corrected chi connectivity index (χ2v) is 10.7. The fourth-order valence-corrected chi connectivity index (χ4v) is 4.63. The fourth-order valence-electron chi connectivity index (χ4n) is 2.55. The zero-order chi connectivity index (χ0) is 29.6. The summed E-state index contributed by atoms with van der Waals surface area (Å²) in [5.74, 6) is -4.25. The number of esters is 1. The zero-order valence-electron chi connectivity index (χ0n) is 22.9. The van der Waals surface area contributed by atoms with E-state index in [-0.39, 0.29) is 6.42 Å². The van der Waals surface area contributed by atoms with E-state index in [4.69, 9.17) is 37.8 Å². The Hall–Kier alpha value is -2.90. The Labute approximate surface area is 221 Å². The summed E-state index contributed by atoms with van der Waals surface area (Å²) < 4.78 is 48.8. The van der Waals surface area contributed by atoms with Crippen LogP contribution in [0.2, 0.25) is 0 Å². The molecule has 0 aromatic rings. The van der Waals surface area contributed by atoms with E-state index in [1.165, 1.54) is 32.8 Å². The number of carbonyl (C=O) groups excluding carboxylic acids is 4. The minimum absolute atomic E-state index is 0.365. The smallest absolute Gasteiger partial charge is 0.481 e. The van der Waals surface area contributed by atoms with Gasteiger partial charge in [0.05, 0.1) is 24.3 Å². The number of ether oxygens (including phenoxy) is 5. The molecule has 16 heteroatoms. The second-order valence-electron chi connectivity index (χ2n) is 8.73. The van der Waals surface area contributed by atoms with Crippen molar-refractivity contribution in [3.05, 3.63) is 0 Å². The van der Waals surface area contributed by atoms with Crippen molar-refractivity contribution in [1.82, 2.24) is 4.90 Å². The third-order valence-corrected chi connectivity index (χ3v) is 6.25. The van der Waals surface area contributed by atoms with Crippen LogP contribution in [-0.2, 0) is 51.7 Å². The maximum absolute atomic E-state index is 13.7. The lowest BCUT2D eigenvalue weighted by molar-refractivity contribution is -0.155. The molecule has 0 aliphatic heterocycles. The van der Waals surface area contributed by atoms with E-state index < -0.39 is 87.6 Å². The summed E-state index contributed by atoms with van der Waals surface area (Å²) in [6.45, 7) is 7.99. The number of carbonyl (C=O) groups is 5. The second kappa shape index (κ2) is 16.8. The molecule has 3 atom stereocenters. The van der Waals surface area contributed by atoms with Crippen LogP contribution in [0.1, 0.15) is 54.4 Å². The lowest BCUT2D eigenvalue weighted by Crippen LogP contribution is -2.31. The molecule has 0 aromatic heterocycles. The highest BCUT2D eigenvalue weighted by Gasteiger charge is 2.39. The Balaban J connectivity index is 5.85. The summed E-state index contributed by atoms with van der Waals surface area (Å²) in [4.78, 5) is 60.4. The van der Waals surface area contributed by atoms with Gasteiger partial charge in [-0.1, -0.05) is 0 Å². The van der Waals surface area contributed by atoms with Gasteiger partial charge >= 0.3 is 31.8 Å². The van der Waals surface area contributed by atoms with Gasteiger partial charge in [-0.2, -0.15) is 0 Å². The summed E-state index contributed by atoms with van der Waals surface area (Å²) in [6.07, 6.45) is -8.08. The summed E-state index contributed by atoms with van der Waals surface area (Å²) >= 11 is 0. The Kier molecular flexibility index (Phi) is 15.6. The monoisotopic (exact) mass is 571 g/mol. The van der Waals surface area contributed by atoms with Crippen molar-refractivity contribution in [2.75, 3.05) is 26.9 Å². The largest absolute Gasteiger partial charge is 0.510 e. The average Bonchev–Trinajstić information content (AvgIpc) is 2.72. The van der Waals surface area contributed by atoms with Gasteiger partial charge in [0.15, 0.2) is 6.61 Å². The molecule has 0 radical (unpaired) electrons. The van der Waals surface area contributed by atoms with E-state index in [0.29, 0.717) is 0 Å². The average molecular weight is 572 g/mol. The molecule has 1 N–H and O–H groups in total. The molecule has 0 saturated carbocycles. The van der Waals surface area contributed by atoms with Gasteiger partial charge in [-0.15, -0.1) is 0 Å². The van der Waals surface area contributed by atoms with Gasteiger partial charge in [0.1, 0.15) is 0 Å². The Morgan fingerprint density at radius 3 is 1.61 bits per heavy atom. The van der Waals surface area contributed by atoms with Crippen molar-refractivity contribution in [2.24, 2.45) is 5.92 Å². The van der Waals surface area contributed by atoms with Gasteiger partial charge in [-0.05, 0) is 48.0 Å². The number of rotatable bonds is 16. The summed E-state index contributed by atoms with van der Waals surface area (Å²) in [6, 6.07) is 0. The van der Waals surface area contributed by atoms with Crippen LogP contribution in [0.4, 0.5) is 9.59 Å². The van der Waals surface area contributed by atoms with Crippen molar-refractivity contribution < 1.29 is 66.4 Å². The SMILES string of the molecule is CC(C)OC(=O)OC(C)OP(=O)(CC(CCC(=O)O)C(=O)OCC(=O)N(C)C)OC(C)OC(=O)OC(C)C. The molecule has 220 valence electrons. The maximum atomic E-state index is 13.7. The van der Waals surface area contributed by atoms with E-state index in [1.54, 1.807) is 27.7 Å². The van der Waals surface area contributed by atoms with Crippen LogP contribution in [0.15, 0.2) is 0 Å². The first-order valence-electron chi connectivity index (χ1n) is 11.7. The standard InChI is InChI=1S/C22H38NO14P/c1-13(2)32-21(28)34-15(5)36-38(30,37-16(6)35-22(29)33-14(3)4)12-17(9-10-19(25)26)20(27)31-11-18(24)23(7)8/h13-17H,9-12H2,1-8H3,(H,25,26). The van der Waals surface area contributed by atoms with Crippen LogP contribution in [0.25, 0.3) is 0 Å². The molecule has 1 amide bonds. The molecule has 0 aliphatic carbocycles. The van der Waals surface area contributed by atoms with Crippen LogP contribution in [-0.4, -0.2) is 91.8 Å². The number of nitrogens with zero attached hydrogens (tertiary/aromatic N) is 1. The van der Waals surface area contributed by atoms with Crippen LogP contribution >= 0.6 is 7.60 Å². The van der Waals surface area contributed by atoms with E-state index in [0.717, 1.165) is 0 Å². The summed E-state index contributed by atoms with van der Waals surface area (Å²) in [7, 11) is -1.63. The van der Waals surface area contributed by atoms with Crippen molar-refractivity contribution in [3.8, 4) is 0 Å². The molecule has 3 unspecified atom stereocenters. The molecule has 0 bridgehead atoms. The molecule has 38 heavy (non-hydrogen) atoms. The normalized spacial score (nSPS) is 15.0. The van der Waals surface area contributed by atoms with Crippen LogP contribution in [0.5, 0.6) is 0 Å². The van der Waals surface area contributed by atoms with Gasteiger partial charge in [0.2, 0.25) is 12.6 Å². The van der Waals surface area contributed by atoms with Gasteiger partial charge in [0.25, 0.3) is 5.91 Å². The van der Waals surface area contributed by atoms with E-state index in [1.807, 2.05) is 0 Å². The molecular weight excluding hydrogens is 533 g/mol. The maximum Gasteiger partial charge on any atom is 0.510 e. The lowest BCUT2D eigenvalue weighted by Gasteiger charge is -2.27. The highest BCUT2D eigenvalue weighted by atomic mass is 31.2. The first-order chi connectivity index (χ1) is 17.4. The van der Waals surface area contributed by atoms with Gasteiger partial charge < -0.3 is 33.7 Å². The zero-order valence-corrected chi connectivity index (χ0v) is 23.8. The first kappa shape index (κ1) is 35.1. The molecule has 0 aliphatic rings. The molecule has 0 aromatic carbocycles. The molecule has 0 fully saturated rings. The lowest BCUT2D eigenvalue weighted by atomic mass is 10.1.